The Morgan fingerprint density at radius 3 is 2.71 bits per heavy atom. The van der Waals surface area contributed by atoms with Gasteiger partial charge >= 0.3 is 0 Å². The molecule has 1 rings (SSSR count). The van der Waals surface area contributed by atoms with Crippen LogP contribution in [-0.2, 0) is 5.54 Å². The number of hydrogen-bond acceptors (Lipinski definition) is 2. The van der Waals surface area contributed by atoms with Gasteiger partial charge in [0, 0.05) is 15.7 Å². The second kappa shape index (κ2) is 4.59. The zero-order valence-electron chi connectivity index (χ0n) is 8.55. The zero-order chi connectivity index (χ0) is 10.8. The monoisotopic (exact) mass is 305 g/mol. The highest BCUT2D eigenvalue weighted by Crippen LogP contribution is 2.27. The Morgan fingerprint density at radius 2 is 2.14 bits per heavy atom. The molecule has 0 saturated carbocycles. The zero-order valence-corrected chi connectivity index (χ0v) is 10.7. The van der Waals surface area contributed by atoms with Gasteiger partial charge < -0.3 is 10.8 Å². The summed E-state index contributed by atoms with van der Waals surface area (Å²) in [7, 11) is 0. The molecular weight excluding hydrogens is 289 g/mol. The normalized spacial score (nSPS) is 15.2. The van der Waals surface area contributed by atoms with Crippen LogP contribution >= 0.6 is 22.6 Å². The minimum atomic E-state index is -0.433. The van der Waals surface area contributed by atoms with Crippen molar-refractivity contribution >= 4 is 22.6 Å². The first-order valence-electron chi connectivity index (χ1n) is 4.64. The molecule has 1 aromatic rings. The summed E-state index contributed by atoms with van der Waals surface area (Å²) in [6, 6.07) is 6.11. The lowest BCUT2D eigenvalue weighted by Crippen LogP contribution is -2.35. The molecule has 0 aliphatic carbocycles. The number of aliphatic hydroxyl groups excluding tert-OH is 1. The predicted molar refractivity (Wildman–Crippen MR) is 67.1 cm³/mol. The molecule has 0 amide bonds. The van der Waals surface area contributed by atoms with Gasteiger partial charge in [-0.2, -0.15) is 0 Å². The lowest BCUT2D eigenvalue weighted by Gasteiger charge is -2.26. The van der Waals surface area contributed by atoms with Gasteiger partial charge in [-0.1, -0.05) is 18.2 Å². The molecule has 0 saturated heterocycles. The van der Waals surface area contributed by atoms with E-state index in [9.17, 15) is 0 Å². The maximum atomic E-state index is 8.94. The second-order valence-corrected chi connectivity index (χ2v) is 4.91. The fourth-order valence-corrected chi connectivity index (χ4v) is 2.43. The third kappa shape index (κ3) is 2.46. The van der Waals surface area contributed by atoms with Crippen LogP contribution in [0.4, 0.5) is 0 Å². The molecule has 3 N–H and O–H groups in total. The Hall–Kier alpha value is -0.130. The van der Waals surface area contributed by atoms with Crippen LogP contribution in [0, 0.1) is 10.5 Å². The van der Waals surface area contributed by atoms with Crippen LogP contribution < -0.4 is 5.73 Å². The largest absolute Gasteiger partial charge is 0.396 e. The Morgan fingerprint density at radius 1 is 1.50 bits per heavy atom. The van der Waals surface area contributed by atoms with Crippen LogP contribution in [0.5, 0.6) is 0 Å². The second-order valence-electron chi connectivity index (χ2n) is 3.83. The predicted octanol–water partition coefficient (Wildman–Crippen LogP) is 2.16. The highest BCUT2D eigenvalue weighted by molar-refractivity contribution is 14.1. The standard InChI is InChI=1S/C11H16INO/c1-8-4-3-5-9(10(8)12)11(2,13)6-7-14/h3-5,14H,6-7,13H2,1-2H3. The third-order valence-corrected chi connectivity index (χ3v) is 3.87. The molecule has 3 heteroatoms. The molecule has 0 aliphatic heterocycles. The van der Waals surface area contributed by atoms with E-state index in [0.717, 1.165) is 5.56 Å². The minimum absolute atomic E-state index is 0.122. The molecule has 0 radical (unpaired) electrons. The quantitative estimate of drug-likeness (QED) is 0.841. The summed E-state index contributed by atoms with van der Waals surface area (Å²) in [5, 5.41) is 8.94. The minimum Gasteiger partial charge on any atom is -0.396 e. The number of benzene rings is 1. The van der Waals surface area contributed by atoms with Crippen molar-refractivity contribution in [1.82, 2.24) is 0 Å². The van der Waals surface area contributed by atoms with Crippen molar-refractivity contribution in [2.45, 2.75) is 25.8 Å². The molecule has 0 heterocycles. The summed E-state index contributed by atoms with van der Waals surface area (Å²) >= 11 is 2.31. The van der Waals surface area contributed by atoms with E-state index in [1.54, 1.807) is 0 Å². The van der Waals surface area contributed by atoms with Crippen LogP contribution in [0.25, 0.3) is 0 Å². The van der Waals surface area contributed by atoms with Gasteiger partial charge in [0.2, 0.25) is 0 Å². The van der Waals surface area contributed by atoms with E-state index in [1.807, 2.05) is 19.1 Å². The lowest BCUT2D eigenvalue weighted by molar-refractivity contribution is 0.247. The van der Waals surface area contributed by atoms with Crippen LogP contribution in [-0.4, -0.2) is 11.7 Å². The van der Waals surface area contributed by atoms with Crippen LogP contribution in [0.1, 0.15) is 24.5 Å². The first-order valence-corrected chi connectivity index (χ1v) is 5.72. The van der Waals surface area contributed by atoms with Crippen LogP contribution in [0.3, 0.4) is 0 Å². The molecule has 14 heavy (non-hydrogen) atoms. The van der Waals surface area contributed by atoms with Crippen molar-refractivity contribution in [3.05, 3.63) is 32.9 Å². The summed E-state index contributed by atoms with van der Waals surface area (Å²) < 4.78 is 1.20. The summed E-state index contributed by atoms with van der Waals surface area (Å²) in [5.41, 5.74) is 8.07. The van der Waals surface area contributed by atoms with E-state index in [4.69, 9.17) is 10.8 Å². The maximum absolute atomic E-state index is 8.94. The van der Waals surface area contributed by atoms with Gasteiger partial charge in [0.25, 0.3) is 0 Å². The van der Waals surface area contributed by atoms with Gasteiger partial charge in [-0.15, -0.1) is 0 Å². The first-order chi connectivity index (χ1) is 6.49. The van der Waals surface area contributed by atoms with E-state index in [0.29, 0.717) is 6.42 Å². The number of aliphatic hydroxyl groups is 1. The Kier molecular flexibility index (Phi) is 3.92. The topological polar surface area (TPSA) is 46.2 Å². The van der Waals surface area contributed by atoms with Crippen LogP contribution in [0.2, 0.25) is 0 Å². The van der Waals surface area contributed by atoms with Crippen molar-refractivity contribution in [3.63, 3.8) is 0 Å². The first kappa shape index (κ1) is 11.9. The molecule has 0 aliphatic rings. The maximum Gasteiger partial charge on any atom is 0.0451 e. The van der Waals surface area contributed by atoms with E-state index in [-0.39, 0.29) is 6.61 Å². The van der Waals surface area contributed by atoms with Gasteiger partial charge in [-0.25, -0.2) is 0 Å². The Bertz CT molecular complexity index is 323. The summed E-state index contributed by atoms with van der Waals surface area (Å²) in [5.74, 6) is 0. The molecule has 0 bridgehead atoms. The molecular formula is C11H16INO. The average Bonchev–Trinajstić information content (AvgIpc) is 2.09. The van der Waals surface area contributed by atoms with Gasteiger partial charge in [-0.05, 0) is 54.0 Å². The van der Waals surface area contributed by atoms with Gasteiger partial charge in [0.05, 0.1) is 0 Å². The molecule has 1 unspecified atom stereocenters. The van der Waals surface area contributed by atoms with E-state index in [1.165, 1.54) is 9.13 Å². The van der Waals surface area contributed by atoms with Crippen molar-refractivity contribution in [2.24, 2.45) is 5.73 Å². The number of rotatable bonds is 3. The smallest absolute Gasteiger partial charge is 0.0451 e. The summed E-state index contributed by atoms with van der Waals surface area (Å²) in [6.45, 7) is 4.15. The van der Waals surface area contributed by atoms with Gasteiger partial charge in [-0.3, -0.25) is 0 Å². The van der Waals surface area contributed by atoms with Crippen molar-refractivity contribution in [1.29, 1.82) is 0 Å². The van der Waals surface area contributed by atoms with Crippen molar-refractivity contribution < 1.29 is 5.11 Å². The highest BCUT2D eigenvalue weighted by Gasteiger charge is 2.23. The van der Waals surface area contributed by atoms with Gasteiger partial charge in [0.1, 0.15) is 0 Å². The molecule has 78 valence electrons. The van der Waals surface area contributed by atoms with E-state index >= 15 is 0 Å². The fraction of sp³-hybridized carbons (Fsp3) is 0.455. The fourth-order valence-electron chi connectivity index (χ4n) is 1.46. The lowest BCUT2D eigenvalue weighted by atomic mass is 9.89. The summed E-state index contributed by atoms with van der Waals surface area (Å²) in [4.78, 5) is 0. The SMILES string of the molecule is Cc1cccc(C(C)(N)CCO)c1I. The van der Waals surface area contributed by atoms with Crippen molar-refractivity contribution in [3.8, 4) is 0 Å². The molecule has 1 atom stereocenters. The Balaban J connectivity index is 3.12. The third-order valence-electron chi connectivity index (χ3n) is 2.44. The summed E-state index contributed by atoms with van der Waals surface area (Å²) in [6.07, 6.45) is 0.590. The number of halogens is 1. The molecule has 1 aromatic carbocycles. The number of aryl methyl sites for hydroxylation is 1. The van der Waals surface area contributed by atoms with Gasteiger partial charge in [0.15, 0.2) is 0 Å². The van der Waals surface area contributed by atoms with E-state index < -0.39 is 5.54 Å². The van der Waals surface area contributed by atoms with Crippen molar-refractivity contribution in [2.75, 3.05) is 6.61 Å². The highest BCUT2D eigenvalue weighted by atomic mass is 127. The number of nitrogens with two attached hydrogens (primary N) is 1. The molecule has 2 nitrogen and oxygen atoms in total. The van der Waals surface area contributed by atoms with E-state index in [2.05, 4.69) is 35.6 Å². The number of hydrogen-bond donors (Lipinski definition) is 2. The molecule has 0 spiro atoms. The molecule has 0 fully saturated rings. The molecule has 0 aromatic heterocycles. The average molecular weight is 305 g/mol. The Labute approximate surface area is 98.7 Å². The van der Waals surface area contributed by atoms with Crippen LogP contribution in [0.15, 0.2) is 18.2 Å².